The average molecular weight is 439 g/mol. The van der Waals surface area contributed by atoms with Gasteiger partial charge in [0.05, 0.1) is 19.2 Å². The Morgan fingerprint density at radius 2 is 1.84 bits per heavy atom. The van der Waals surface area contributed by atoms with Crippen molar-refractivity contribution in [3.63, 3.8) is 0 Å². The van der Waals surface area contributed by atoms with Crippen molar-refractivity contribution in [2.45, 2.75) is 64.1 Å². The Hall–Kier alpha value is -2.86. The molecular formula is C26H31FN2O3. The molecule has 1 aromatic heterocycles. The molecule has 32 heavy (non-hydrogen) atoms. The number of carbonyl (C=O) groups is 1. The Labute approximate surface area is 188 Å². The summed E-state index contributed by atoms with van der Waals surface area (Å²) in [6.07, 6.45) is 8.47. The van der Waals surface area contributed by atoms with Crippen LogP contribution in [0.3, 0.4) is 0 Å². The van der Waals surface area contributed by atoms with Gasteiger partial charge >= 0.3 is 5.97 Å². The first-order chi connectivity index (χ1) is 15.6. The fraction of sp³-hybridized carbons (Fsp3) is 0.423. The average Bonchev–Trinajstić information content (AvgIpc) is 3.07. The van der Waals surface area contributed by atoms with Crippen molar-refractivity contribution in [1.82, 2.24) is 9.88 Å². The molecule has 170 valence electrons. The molecule has 1 fully saturated rings. The summed E-state index contributed by atoms with van der Waals surface area (Å²) in [4.78, 5) is 12.4. The lowest BCUT2D eigenvalue weighted by atomic mass is 9.96. The molecule has 4 rings (SSSR count). The maximum Gasteiger partial charge on any atom is 0.352 e. The lowest BCUT2D eigenvalue weighted by Gasteiger charge is -2.21. The molecule has 2 N–H and O–H groups in total. The zero-order valence-corrected chi connectivity index (χ0v) is 18.6. The van der Waals surface area contributed by atoms with Gasteiger partial charge in [-0.1, -0.05) is 50.3 Å². The van der Waals surface area contributed by atoms with Crippen LogP contribution in [0.4, 0.5) is 4.39 Å². The third-order valence-corrected chi connectivity index (χ3v) is 6.54. The van der Waals surface area contributed by atoms with Crippen LogP contribution in [0.1, 0.15) is 66.6 Å². The molecular weight excluding hydrogens is 407 g/mol. The highest BCUT2D eigenvalue weighted by atomic mass is 19.1. The predicted octanol–water partition coefficient (Wildman–Crippen LogP) is 5.74. The van der Waals surface area contributed by atoms with Crippen LogP contribution in [-0.4, -0.2) is 28.8 Å². The monoisotopic (exact) mass is 438 g/mol. The second kappa shape index (κ2) is 10.2. The van der Waals surface area contributed by atoms with Crippen LogP contribution in [0.25, 0.3) is 10.9 Å². The highest BCUT2D eigenvalue weighted by molar-refractivity contribution is 5.98. The van der Waals surface area contributed by atoms with E-state index in [4.69, 9.17) is 4.74 Å². The highest BCUT2D eigenvalue weighted by Gasteiger charge is 2.24. The largest absolute Gasteiger partial charge is 0.497 e. The van der Waals surface area contributed by atoms with Crippen molar-refractivity contribution in [2.24, 2.45) is 0 Å². The summed E-state index contributed by atoms with van der Waals surface area (Å²) in [5, 5.41) is 14.7. The molecule has 2 aromatic carbocycles. The fourth-order valence-corrected chi connectivity index (χ4v) is 4.82. The van der Waals surface area contributed by atoms with E-state index < -0.39 is 5.97 Å². The molecule has 3 aromatic rings. The van der Waals surface area contributed by atoms with E-state index in [1.807, 2.05) is 18.2 Å². The summed E-state index contributed by atoms with van der Waals surface area (Å²) < 4.78 is 21.5. The summed E-state index contributed by atoms with van der Waals surface area (Å²) >= 11 is 0. The lowest BCUT2D eigenvalue weighted by molar-refractivity contribution is 0.0684. The van der Waals surface area contributed by atoms with E-state index in [0.717, 1.165) is 29.3 Å². The number of nitrogens with one attached hydrogen (secondary N) is 1. The van der Waals surface area contributed by atoms with E-state index in [9.17, 15) is 14.3 Å². The van der Waals surface area contributed by atoms with E-state index in [0.29, 0.717) is 23.9 Å². The standard InChI is InChI=1S/C26H31FN2O3/c1-32-20-13-14-21-22(16-28-19-10-5-3-2-4-6-11-19)25(26(30)31)29(24(21)15-20)17-18-9-7-8-12-23(18)27/h7-9,12-15,19,28H,2-6,10-11,16-17H2,1H3,(H,30,31). The smallest absolute Gasteiger partial charge is 0.352 e. The minimum Gasteiger partial charge on any atom is -0.497 e. The zero-order valence-electron chi connectivity index (χ0n) is 18.6. The Bertz CT molecular complexity index is 1080. The number of carboxylic acid groups (broad SMARTS) is 1. The van der Waals surface area contributed by atoms with Gasteiger partial charge in [0.2, 0.25) is 0 Å². The summed E-state index contributed by atoms with van der Waals surface area (Å²) in [7, 11) is 1.58. The highest BCUT2D eigenvalue weighted by Crippen LogP contribution is 2.31. The summed E-state index contributed by atoms with van der Waals surface area (Å²) in [5.41, 5.74) is 2.14. The van der Waals surface area contributed by atoms with E-state index >= 15 is 0 Å². The Morgan fingerprint density at radius 1 is 1.12 bits per heavy atom. The van der Waals surface area contributed by atoms with Gasteiger partial charge in [-0.3, -0.25) is 0 Å². The van der Waals surface area contributed by atoms with Crippen LogP contribution < -0.4 is 10.1 Å². The number of rotatable bonds is 7. The summed E-state index contributed by atoms with van der Waals surface area (Å²) in [6, 6.07) is 12.5. The van der Waals surface area contributed by atoms with Crippen molar-refractivity contribution in [3.8, 4) is 5.75 Å². The quantitative estimate of drug-likeness (QED) is 0.494. The van der Waals surface area contributed by atoms with Crippen LogP contribution >= 0.6 is 0 Å². The zero-order chi connectivity index (χ0) is 22.5. The maximum absolute atomic E-state index is 14.4. The van der Waals surface area contributed by atoms with Crippen molar-refractivity contribution in [1.29, 1.82) is 0 Å². The number of hydrogen-bond acceptors (Lipinski definition) is 3. The molecule has 0 amide bonds. The van der Waals surface area contributed by atoms with Crippen molar-refractivity contribution in [2.75, 3.05) is 7.11 Å². The minimum absolute atomic E-state index is 0.140. The van der Waals surface area contributed by atoms with E-state index in [1.54, 1.807) is 29.9 Å². The first-order valence-electron chi connectivity index (χ1n) is 11.5. The second-order valence-electron chi connectivity index (χ2n) is 8.62. The minimum atomic E-state index is -1.01. The fourth-order valence-electron chi connectivity index (χ4n) is 4.82. The molecule has 1 saturated carbocycles. The number of fused-ring (bicyclic) bond motifs is 1. The lowest BCUT2D eigenvalue weighted by Crippen LogP contribution is -2.30. The number of carboxylic acids is 1. The van der Waals surface area contributed by atoms with E-state index in [2.05, 4.69) is 5.32 Å². The van der Waals surface area contributed by atoms with Gasteiger partial charge in [0.25, 0.3) is 0 Å². The SMILES string of the molecule is COc1ccc2c(CNC3CCCCCCC3)c(C(=O)O)n(Cc3ccccc3F)c2c1. The van der Waals surface area contributed by atoms with Gasteiger partial charge in [0.15, 0.2) is 0 Å². The van der Waals surface area contributed by atoms with Gasteiger partial charge in [-0.25, -0.2) is 9.18 Å². The molecule has 0 saturated heterocycles. The van der Waals surface area contributed by atoms with Gasteiger partial charge in [-0.05, 0) is 31.0 Å². The van der Waals surface area contributed by atoms with Crippen molar-refractivity contribution < 1.29 is 19.0 Å². The first-order valence-corrected chi connectivity index (χ1v) is 11.5. The topological polar surface area (TPSA) is 63.5 Å². The Morgan fingerprint density at radius 3 is 2.53 bits per heavy atom. The van der Waals surface area contributed by atoms with E-state index in [-0.39, 0.29) is 18.1 Å². The molecule has 0 bridgehead atoms. The maximum atomic E-state index is 14.4. The molecule has 6 heteroatoms. The van der Waals surface area contributed by atoms with Gasteiger partial charge in [-0.2, -0.15) is 0 Å². The number of methoxy groups -OCH3 is 1. The summed E-state index contributed by atoms with van der Waals surface area (Å²) in [5.74, 6) is -0.713. The van der Waals surface area contributed by atoms with E-state index in [1.165, 1.54) is 38.2 Å². The Kier molecular flexibility index (Phi) is 7.10. The normalized spacial score (nSPS) is 15.4. The third-order valence-electron chi connectivity index (χ3n) is 6.54. The molecule has 0 spiro atoms. The molecule has 0 radical (unpaired) electrons. The first kappa shape index (κ1) is 22.3. The molecule has 1 aliphatic carbocycles. The number of halogens is 1. The number of benzene rings is 2. The van der Waals surface area contributed by atoms with Crippen molar-refractivity contribution >= 4 is 16.9 Å². The molecule has 1 aliphatic rings. The molecule has 5 nitrogen and oxygen atoms in total. The molecule has 0 atom stereocenters. The molecule has 0 aliphatic heterocycles. The number of aromatic nitrogens is 1. The van der Waals surface area contributed by atoms with Gasteiger partial charge in [0.1, 0.15) is 17.3 Å². The molecule has 0 unspecified atom stereocenters. The predicted molar refractivity (Wildman–Crippen MR) is 124 cm³/mol. The number of ether oxygens (including phenoxy) is 1. The van der Waals surface area contributed by atoms with Crippen LogP contribution in [0, 0.1) is 5.82 Å². The second-order valence-corrected chi connectivity index (χ2v) is 8.62. The van der Waals surface area contributed by atoms with Crippen LogP contribution in [0.15, 0.2) is 42.5 Å². The van der Waals surface area contributed by atoms with Crippen LogP contribution in [-0.2, 0) is 13.1 Å². The van der Waals surface area contributed by atoms with Gasteiger partial charge in [-0.15, -0.1) is 0 Å². The van der Waals surface area contributed by atoms with Crippen LogP contribution in [0.5, 0.6) is 5.75 Å². The third kappa shape index (κ3) is 4.80. The van der Waals surface area contributed by atoms with Crippen LogP contribution in [0.2, 0.25) is 0 Å². The summed E-state index contributed by atoms with van der Waals surface area (Å²) in [6.45, 7) is 0.612. The number of nitrogens with zero attached hydrogens (tertiary/aromatic N) is 1. The molecule has 1 heterocycles. The van der Waals surface area contributed by atoms with Crippen molar-refractivity contribution in [3.05, 3.63) is 65.1 Å². The number of aromatic carboxylic acids is 1. The Balaban J connectivity index is 1.74. The number of hydrogen-bond donors (Lipinski definition) is 2. The van der Waals surface area contributed by atoms with Gasteiger partial charge in [0, 0.05) is 35.2 Å². The van der Waals surface area contributed by atoms with Gasteiger partial charge < -0.3 is 19.7 Å².